The number of nitrogens with one attached hydrogen (secondary N) is 1. The average Bonchev–Trinajstić information content (AvgIpc) is 2.72. The number of anilines is 1. The fraction of sp³-hybridized carbons (Fsp3) is 0.0769. The van der Waals surface area contributed by atoms with Crippen LogP contribution in [0.1, 0.15) is 10.4 Å². The number of benzene rings is 1. The Balaban J connectivity index is 2.05. The van der Waals surface area contributed by atoms with Gasteiger partial charge in [0.1, 0.15) is 6.54 Å². The average molecular weight is 323 g/mol. The van der Waals surface area contributed by atoms with Crippen LogP contribution in [0, 0.1) is 0 Å². The number of halogens is 1. The lowest BCUT2D eigenvalue weighted by molar-refractivity contribution is -0.116. The molecule has 19 heavy (non-hydrogen) atoms. The summed E-state index contributed by atoms with van der Waals surface area (Å²) in [5.74, 6) is -1.25. The van der Waals surface area contributed by atoms with E-state index in [4.69, 9.17) is 5.11 Å². The van der Waals surface area contributed by atoms with Gasteiger partial charge in [-0.05, 0) is 34.1 Å². The van der Waals surface area contributed by atoms with E-state index in [0.717, 1.165) is 0 Å². The van der Waals surface area contributed by atoms with Crippen molar-refractivity contribution in [3.8, 4) is 0 Å². The SMILES string of the molecule is O=C(Cn1cc(C(=O)O)cc1Br)Nc1ccccc1. The van der Waals surface area contributed by atoms with Gasteiger partial charge in [-0.3, -0.25) is 4.79 Å². The van der Waals surface area contributed by atoms with Crippen molar-refractivity contribution in [2.75, 3.05) is 5.32 Å². The van der Waals surface area contributed by atoms with Crippen molar-refractivity contribution in [1.29, 1.82) is 0 Å². The summed E-state index contributed by atoms with van der Waals surface area (Å²) >= 11 is 3.22. The monoisotopic (exact) mass is 322 g/mol. The van der Waals surface area contributed by atoms with Crippen molar-refractivity contribution in [3.63, 3.8) is 0 Å². The highest BCUT2D eigenvalue weighted by Crippen LogP contribution is 2.15. The molecule has 0 unspecified atom stereocenters. The van der Waals surface area contributed by atoms with Crippen LogP contribution in [0.4, 0.5) is 5.69 Å². The summed E-state index contributed by atoms with van der Waals surface area (Å²) in [6, 6.07) is 10.5. The quantitative estimate of drug-likeness (QED) is 0.908. The van der Waals surface area contributed by atoms with Gasteiger partial charge in [0.2, 0.25) is 5.91 Å². The summed E-state index contributed by atoms with van der Waals surface area (Å²) in [6.07, 6.45) is 1.41. The Morgan fingerprint density at radius 3 is 2.53 bits per heavy atom. The van der Waals surface area contributed by atoms with Gasteiger partial charge in [-0.25, -0.2) is 4.79 Å². The van der Waals surface area contributed by atoms with Gasteiger partial charge in [0.05, 0.1) is 10.2 Å². The molecule has 2 rings (SSSR count). The van der Waals surface area contributed by atoms with E-state index in [1.54, 1.807) is 12.1 Å². The van der Waals surface area contributed by atoms with E-state index in [-0.39, 0.29) is 18.0 Å². The van der Waals surface area contributed by atoms with E-state index < -0.39 is 5.97 Å². The lowest BCUT2D eigenvalue weighted by atomic mass is 10.3. The number of aromatic nitrogens is 1. The minimum absolute atomic E-state index is 0.0444. The number of rotatable bonds is 4. The molecule has 1 heterocycles. The molecule has 1 aromatic carbocycles. The molecule has 0 fully saturated rings. The third-order valence-electron chi connectivity index (χ3n) is 2.46. The molecule has 0 saturated heterocycles. The molecule has 0 radical (unpaired) electrons. The van der Waals surface area contributed by atoms with Gasteiger partial charge >= 0.3 is 5.97 Å². The second-order valence-electron chi connectivity index (χ2n) is 3.90. The lowest BCUT2D eigenvalue weighted by Crippen LogP contribution is -2.18. The highest BCUT2D eigenvalue weighted by atomic mass is 79.9. The van der Waals surface area contributed by atoms with Crippen LogP contribution in [0.15, 0.2) is 47.2 Å². The van der Waals surface area contributed by atoms with Crippen LogP contribution in [-0.4, -0.2) is 21.6 Å². The Morgan fingerprint density at radius 1 is 1.26 bits per heavy atom. The van der Waals surface area contributed by atoms with Crippen LogP contribution in [0.25, 0.3) is 0 Å². The minimum atomic E-state index is -1.03. The van der Waals surface area contributed by atoms with Gasteiger partial charge in [-0.1, -0.05) is 18.2 Å². The highest BCUT2D eigenvalue weighted by Gasteiger charge is 2.11. The molecule has 0 bridgehead atoms. The molecule has 2 N–H and O–H groups in total. The molecule has 0 spiro atoms. The molecule has 0 saturated carbocycles. The third kappa shape index (κ3) is 3.45. The molecule has 0 atom stereocenters. The van der Waals surface area contributed by atoms with Crippen LogP contribution >= 0.6 is 15.9 Å². The van der Waals surface area contributed by atoms with Crippen molar-refractivity contribution < 1.29 is 14.7 Å². The van der Waals surface area contributed by atoms with Gasteiger partial charge in [-0.2, -0.15) is 0 Å². The molecule has 2 aromatic rings. The Bertz CT molecular complexity index is 608. The molecule has 6 heteroatoms. The summed E-state index contributed by atoms with van der Waals surface area (Å²) in [7, 11) is 0. The normalized spacial score (nSPS) is 10.2. The van der Waals surface area contributed by atoms with Crippen molar-refractivity contribution in [2.45, 2.75) is 6.54 Å². The van der Waals surface area contributed by atoms with E-state index in [1.165, 1.54) is 16.8 Å². The number of nitrogens with zero attached hydrogens (tertiary/aromatic N) is 1. The van der Waals surface area contributed by atoms with Crippen molar-refractivity contribution in [1.82, 2.24) is 4.57 Å². The summed E-state index contributed by atoms with van der Waals surface area (Å²) in [5, 5.41) is 11.6. The maximum absolute atomic E-state index is 11.8. The van der Waals surface area contributed by atoms with Crippen LogP contribution in [-0.2, 0) is 11.3 Å². The Labute approximate surface area is 118 Å². The molecule has 0 aliphatic rings. The summed E-state index contributed by atoms with van der Waals surface area (Å²) in [6.45, 7) is 0.0444. The fourth-order valence-corrected chi connectivity index (χ4v) is 2.07. The number of carboxylic acids is 1. The zero-order valence-electron chi connectivity index (χ0n) is 9.84. The van der Waals surface area contributed by atoms with E-state index >= 15 is 0 Å². The number of carbonyl (C=O) groups excluding carboxylic acids is 1. The van der Waals surface area contributed by atoms with Crippen LogP contribution in [0.3, 0.4) is 0 Å². The molecule has 0 aliphatic carbocycles. The maximum Gasteiger partial charge on any atom is 0.337 e. The van der Waals surface area contributed by atoms with Crippen LogP contribution < -0.4 is 5.32 Å². The molecule has 98 valence electrons. The van der Waals surface area contributed by atoms with E-state index in [9.17, 15) is 9.59 Å². The summed E-state index contributed by atoms with van der Waals surface area (Å²) < 4.78 is 2.08. The smallest absolute Gasteiger partial charge is 0.337 e. The van der Waals surface area contributed by atoms with Crippen LogP contribution in [0.5, 0.6) is 0 Å². The topological polar surface area (TPSA) is 71.3 Å². The van der Waals surface area contributed by atoms with Crippen molar-refractivity contribution in [2.24, 2.45) is 0 Å². The summed E-state index contributed by atoms with van der Waals surface area (Å²) in [4.78, 5) is 22.6. The summed E-state index contributed by atoms with van der Waals surface area (Å²) in [5.41, 5.74) is 0.841. The zero-order chi connectivity index (χ0) is 13.8. The first kappa shape index (κ1) is 13.4. The van der Waals surface area contributed by atoms with E-state index in [2.05, 4.69) is 21.2 Å². The zero-order valence-corrected chi connectivity index (χ0v) is 11.4. The van der Waals surface area contributed by atoms with Gasteiger partial charge in [0.25, 0.3) is 0 Å². The van der Waals surface area contributed by atoms with Gasteiger partial charge in [0.15, 0.2) is 0 Å². The second-order valence-corrected chi connectivity index (χ2v) is 4.71. The van der Waals surface area contributed by atoms with E-state index in [0.29, 0.717) is 10.3 Å². The molecule has 1 aromatic heterocycles. The molecular weight excluding hydrogens is 312 g/mol. The highest BCUT2D eigenvalue weighted by molar-refractivity contribution is 9.10. The predicted molar refractivity (Wildman–Crippen MR) is 74.2 cm³/mol. The molecular formula is C13H11BrN2O3. The van der Waals surface area contributed by atoms with Gasteiger partial charge in [0, 0.05) is 11.9 Å². The number of hydrogen-bond acceptors (Lipinski definition) is 2. The predicted octanol–water partition coefficient (Wildman–Crippen LogP) is 2.59. The molecule has 1 amide bonds. The Kier molecular flexibility index (Phi) is 4.01. The fourth-order valence-electron chi connectivity index (χ4n) is 1.59. The second kappa shape index (κ2) is 5.71. The largest absolute Gasteiger partial charge is 0.478 e. The van der Waals surface area contributed by atoms with Crippen LogP contribution in [0.2, 0.25) is 0 Å². The minimum Gasteiger partial charge on any atom is -0.478 e. The number of amides is 1. The first-order valence-electron chi connectivity index (χ1n) is 5.50. The first-order chi connectivity index (χ1) is 9.06. The van der Waals surface area contributed by atoms with Gasteiger partial charge in [-0.15, -0.1) is 0 Å². The Hall–Kier alpha value is -2.08. The number of aromatic carboxylic acids is 1. The standard InChI is InChI=1S/C13H11BrN2O3/c14-11-6-9(13(18)19)7-16(11)8-12(17)15-10-4-2-1-3-5-10/h1-7H,8H2,(H,15,17)(H,18,19). The van der Waals surface area contributed by atoms with Gasteiger partial charge < -0.3 is 15.0 Å². The molecule has 5 nitrogen and oxygen atoms in total. The Morgan fingerprint density at radius 2 is 1.95 bits per heavy atom. The lowest BCUT2D eigenvalue weighted by Gasteiger charge is -2.06. The number of carbonyl (C=O) groups is 2. The number of carboxylic acid groups (broad SMARTS) is 1. The van der Waals surface area contributed by atoms with E-state index in [1.807, 2.05) is 18.2 Å². The first-order valence-corrected chi connectivity index (χ1v) is 6.29. The van der Waals surface area contributed by atoms with Crippen molar-refractivity contribution >= 4 is 33.5 Å². The maximum atomic E-state index is 11.8. The van der Waals surface area contributed by atoms with Crippen molar-refractivity contribution in [3.05, 3.63) is 52.8 Å². The number of para-hydroxylation sites is 1. The number of hydrogen-bond donors (Lipinski definition) is 2. The third-order valence-corrected chi connectivity index (χ3v) is 3.15. The molecule has 0 aliphatic heterocycles.